The van der Waals surface area contributed by atoms with E-state index in [4.69, 9.17) is 17.4 Å². The number of nitrogens with two attached hydrogens (primary N) is 1. The highest BCUT2D eigenvalue weighted by Gasteiger charge is 2.21. The van der Waals surface area contributed by atoms with Crippen LogP contribution in [0.15, 0.2) is 12.3 Å². The van der Waals surface area contributed by atoms with Gasteiger partial charge in [0.05, 0.1) is 10.6 Å². The number of rotatable bonds is 4. The average Bonchev–Trinajstić information content (AvgIpc) is 2.81. The monoisotopic (exact) mass is 283 g/mol. The van der Waals surface area contributed by atoms with Gasteiger partial charge in [-0.05, 0) is 12.5 Å². The molecule has 1 aromatic rings. The van der Waals surface area contributed by atoms with Crippen LogP contribution in [-0.2, 0) is 4.79 Å². The van der Waals surface area contributed by atoms with Crippen LogP contribution in [0.1, 0.15) is 23.2 Å². The van der Waals surface area contributed by atoms with Gasteiger partial charge in [-0.1, -0.05) is 11.6 Å². The van der Waals surface area contributed by atoms with Crippen molar-refractivity contribution in [2.45, 2.75) is 18.9 Å². The Balaban J connectivity index is 1.92. The molecule has 0 radical (unpaired) electrons. The Bertz CT molecular complexity index is 508. The third kappa shape index (κ3) is 3.33. The van der Waals surface area contributed by atoms with Crippen molar-refractivity contribution in [3.05, 3.63) is 22.8 Å². The summed E-state index contributed by atoms with van der Waals surface area (Å²) in [6, 6.07) is 1.47. The molecule has 0 aromatic carbocycles. The van der Waals surface area contributed by atoms with E-state index in [1.807, 2.05) is 0 Å². The van der Waals surface area contributed by atoms with Crippen LogP contribution in [0.4, 0.5) is 5.82 Å². The highest BCUT2D eigenvalue weighted by atomic mass is 35.5. The van der Waals surface area contributed by atoms with Gasteiger partial charge in [-0.15, -0.1) is 0 Å². The molecule has 0 aliphatic carbocycles. The molecule has 1 fully saturated rings. The number of halogens is 1. The number of carbonyl (C=O) groups is 2. The lowest BCUT2D eigenvalue weighted by atomic mass is 10.2. The molecule has 1 aliphatic heterocycles. The van der Waals surface area contributed by atoms with Gasteiger partial charge >= 0.3 is 0 Å². The molecule has 1 aliphatic rings. The molecule has 1 atom stereocenters. The first kappa shape index (κ1) is 13.6. The van der Waals surface area contributed by atoms with Crippen LogP contribution in [0, 0.1) is 0 Å². The first-order valence-electron chi connectivity index (χ1n) is 5.80. The summed E-state index contributed by atoms with van der Waals surface area (Å²) in [7, 11) is 0. The zero-order chi connectivity index (χ0) is 13.8. The molecule has 5 N–H and O–H groups in total. The fourth-order valence-electron chi connectivity index (χ4n) is 1.82. The zero-order valence-electron chi connectivity index (χ0n) is 10.1. The van der Waals surface area contributed by atoms with E-state index in [1.165, 1.54) is 12.3 Å². The van der Waals surface area contributed by atoms with Crippen molar-refractivity contribution in [1.82, 2.24) is 15.6 Å². The maximum atomic E-state index is 11.9. The molecule has 1 aromatic heterocycles. The second-order valence-electron chi connectivity index (χ2n) is 4.21. The minimum atomic E-state index is -0.292. The number of aromatic nitrogens is 1. The molecule has 19 heavy (non-hydrogen) atoms. The summed E-state index contributed by atoms with van der Waals surface area (Å²) >= 11 is 5.88. The van der Waals surface area contributed by atoms with E-state index in [1.54, 1.807) is 0 Å². The average molecular weight is 284 g/mol. The summed E-state index contributed by atoms with van der Waals surface area (Å²) in [5, 5.41) is 5.76. The number of amides is 2. The van der Waals surface area contributed by atoms with Crippen molar-refractivity contribution in [1.29, 1.82) is 0 Å². The Morgan fingerprint density at radius 3 is 3.00 bits per heavy atom. The summed E-state index contributed by atoms with van der Waals surface area (Å²) in [6.45, 7) is 0.388. The van der Waals surface area contributed by atoms with Gasteiger partial charge in [-0.25, -0.2) is 10.8 Å². The first-order valence-corrected chi connectivity index (χ1v) is 6.17. The quantitative estimate of drug-likeness (QED) is 0.460. The molecule has 8 heteroatoms. The molecule has 2 rings (SSSR count). The smallest absolute Gasteiger partial charge is 0.252 e. The Morgan fingerprint density at radius 2 is 2.42 bits per heavy atom. The van der Waals surface area contributed by atoms with E-state index in [9.17, 15) is 9.59 Å². The van der Waals surface area contributed by atoms with E-state index < -0.39 is 0 Å². The summed E-state index contributed by atoms with van der Waals surface area (Å²) < 4.78 is 0. The number of nitrogens with one attached hydrogen (secondary N) is 3. The van der Waals surface area contributed by atoms with Crippen molar-refractivity contribution in [2.75, 3.05) is 12.0 Å². The minimum Gasteiger partial charge on any atom is -0.352 e. The Labute approximate surface area is 114 Å². The van der Waals surface area contributed by atoms with Crippen LogP contribution in [0.3, 0.4) is 0 Å². The summed E-state index contributed by atoms with van der Waals surface area (Å²) in [5.41, 5.74) is 2.66. The normalized spacial score (nSPS) is 18.0. The number of pyridine rings is 1. The topological polar surface area (TPSA) is 109 Å². The maximum absolute atomic E-state index is 11.9. The Morgan fingerprint density at radius 1 is 1.63 bits per heavy atom. The van der Waals surface area contributed by atoms with E-state index in [-0.39, 0.29) is 22.9 Å². The third-order valence-electron chi connectivity index (χ3n) is 2.83. The van der Waals surface area contributed by atoms with Gasteiger partial charge in [-0.3, -0.25) is 9.59 Å². The number of nitrogen functional groups attached to an aromatic ring is 1. The molecule has 1 unspecified atom stereocenters. The van der Waals surface area contributed by atoms with Crippen molar-refractivity contribution < 1.29 is 9.59 Å². The Kier molecular flexibility index (Phi) is 4.18. The van der Waals surface area contributed by atoms with Gasteiger partial charge in [-0.2, -0.15) is 0 Å². The third-order valence-corrected chi connectivity index (χ3v) is 3.12. The van der Waals surface area contributed by atoms with Gasteiger partial charge < -0.3 is 16.1 Å². The summed E-state index contributed by atoms with van der Waals surface area (Å²) in [5.74, 6) is 5.22. The van der Waals surface area contributed by atoms with E-state index in [0.29, 0.717) is 24.3 Å². The van der Waals surface area contributed by atoms with Crippen LogP contribution in [0.25, 0.3) is 0 Å². The van der Waals surface area contributed by atoms with Crippen molar-refractivity contribution in [3.63, 3.8) is 0 Å². The molecule has 2 heterocycles. The van der Waals surface area contributed by atoms with Crippen LogP contribution in [-0.4, -0.2) is 29.4 Å². The molecule has 0 bridgehead atoms. The lowest BCUT2D eigenvalue weighted by molar-refractivity contribution is -0.119. The number of hydrogen-bond acceptors (Lipinski definition) is 5. The number of nitrogens with zero attached hydrogens (tertiary/aromatic N) is 1. The van der Waals surface area contributed by atoms with Gasteiger partial charge in [0.2, 0.25) is 5.91 Å². The fourth-order valence-corrected chi connectivity index (χ4v) is 2.04. The molecule has 1 saturated heterocycles. The molecule has 2 amide bonds. The predicted octanol–water partition coefficient (Wildman–Crippen LogP) is 0.0290. The van der Waals surface area contributed by atoms with E-state index in [0.717, 1.165) is 6.42 Å². The van der Waals surface area contributed by atoms with Gasteiger partial charge in [0.15, 0.2) is 5.82 Å². The lowest BCUT2D eigenvalue weighted by Crippen LogP contribution is -2.38. The maximum Gasteiger partial charge on any atom is 0.252 e. The van der Waals surface area contributed by atoms with Crippen molar-refractivity contribution in [3.8, 4) is 0 Å². The second kappa shape index (κ2) is 5.85. The highest BCUT2D eigenvalue weighted by molar-refractivity contribution is 6.33. The summed E-state index contributed by atoms with van der Waals surface area (Å²) in [4.78, 5) is 26.8. The Hall–Kier alpha value is -1.86. The molecular weight excluding hydrogens is 270 g/mol. The van der Waals surface area contributed by atoms with Crippen LogP contribution < -0.4 is 21.9 Å². The van der Waals surface area contributed by atoms with Gasteiger partial charge in [0.25, 0.3) is 5.91 Å². The highest BCUT2D eigenvalue weighted by Crippen LogP contribution is 2.18. The molecule has 7 nitrogen and oxygen atoms in total. The van der Waals surface area contributed by atoms with E-state index in [2.05, 4.69) is 21.0 Å². The SMILES string of the molecule is NNc1ncc(C(=O)NCC2CCC(=O)N2)cc1Cl. The molecule has 102 valence electrons. The van der Waals surface area contributed by atoms with Crippen LogP contribution in [0.5, 0.6) is 0 Å². The molecule has 0 saturated carbocycles. The predicted molar refractivity (Wildman–Crippen MR) is 70.6 cm³/mol. The van der Waals surface area contributed by atoms with Gasteiger partial charge in [0.1, 0.15) is 0 Å². The largest absolute Gasteiger partial charge is 0.352 e. The fraction of sp³-hybridized carbons (Fsp3) is 0.364. The first-order chi connectivity index (χ1) is 9.10. The zero-order valence-corrected chi connectivity index (χ0v) is 10.8. The lowest BCUT2D eigenvalue weighted by Gasteiger charge is -2.11. The number of carbonyl (C=O) groups excluding carboxylic acids is 2. The second-order valence-corrected chi connectivity index (χ2v) is 4.62. The standard InChI is InChI=1S/C11H14ClN5O2/c12-8-3-6(4-14-10(8)17-13)11(19)15-5-7-1-2-9(18)16-7/h3-4,7H,1-2,5,13H2,(H,14,17)(H,15,19)(H,16,18). The van der Waals surface area contributed by atoms with Crippen LogP contribution >= 0.6 is 11.6 Å². The van der Waals surface area contributed by atoms with Crippen molar-refractivity contribution >= 4 is 29.2 Å². The summed E-state index contributed by atoms with van der Waals surface area (Å²) in [6.07, 6.45) is 2.61. The van der Waals surface area contributed by atoms with Crippen molar-refractivity contribution in [2.24, 2.45) is 5.84 Å². The number of hydrogen-bond donors (Lipinski definition) is 4. The number of hydrazine groups is 1. The molecular formula is C11H14ClN5O2. The van der Waals surface area contributed by atoms with Gasteiger partial charge in [0, 0.05) is 25.2 Å². The minimum absolute atomic E-state index is 0.00939. The molecule has 0 spiro atoms. The van der Waals surface area contributed by atoms with Crippen LogP contribution in [0.2, 0.25) is 5.02 Å². The number of anilines is 1. The van der Waals surface area contributed by atoms with E-state index >= 15 is 0 Å².